The highest BCUT2D eigenvalue weighted by molar-refractivity contribution is 6.14. The van der Waals surface area contributed by atoms with E-state index in [4.69, 9.17) is 0 Å². The van der Waals surface area contributed by atoms with Crippen LogP contribution < -0.4 is 0 Å². The summed E-state index contributed by atoms with van der Waals surface area (Å²) < 4.78 is 54.2. The highest BCUT2D eigenvalue weighted by Gasteiger charge is 2.37. The maximum atomic E-state index is 15.3. The van der Waals surface area contributed by atoms with Crippen LogP contribution in [0.25, 0.3) is 132 Å². The number of para-hydroxylation sites is 4. The molecule has 0 atom stereocenters. The number of hydrogen-bond donors (Lipinski definition) is 0. The van der Waals surface area contributed by atoms with E-state index in [1.54, 1.807) is 34.9 Å². The largest absolute Gasteiger partial charge is 0.418 e. The van der Waals surface area contributed by atoms with Crippen LogP contribution in [-0.4, -0.2) is 18.3 Å². The molecule has 0 radical (unpaired) electrons. The Morgan fingerprint density at radius 1 is 0.289 bits per heavy atom. The molecule has 0 spiro atoms. The molecular weight excluding hydrogens is 1120 g/mol. The Hall–Kier alpha value is -11.9. The number of rotatable bonds is 6. The van der Waals surface area contributed by atoms with Gasteiger partial charge in [0.2, 0.25) is 0 Å². The molecule has 7 nitrogen and oxygen atoms in total. The molecule has 16 aromatic rings. The summed E-state index contributed by atoms with van der Waals surface area (Å²) >= 11 is 0. The summed E-state index contributed by atoms with van der Waals surface area (Å²) in [5, 5.41) is 38.6. The molecule has 0 saturated heterocycles. The van der Waals surface area contributed by atoms with Gasteiger partial charge < -0.3 is 18.3 Å². The highest BCUT2D eigenvalue weighted by atomic mass is 19.4. The zero-order valence-electron chi connectivity index (χ0n) is 49.4. The molecule has 4 aromatic heterocycles. The quantitative estimate of drug-likeness (QED) is 0.166. The summed E-state index contributed by atoms with van der Waals surface area (Å²) in [7, 11) is 0. The number of halogens is 3. The zero-order chi connectivity index (χ0) is 61.7. The molecule has 16 rings (SSSR count). The van der Waals surface area contributed by atoms with E-state index in [0.29, 0.717) is 44.5 Å². The van der Waals surface area contributed by atoms with Gasteiger partial charge in [-0.3, -0.25) is 0 Å². The zero-order valence-corrected chi connectivity index (χ0v) is 49.4. The number of benzene rings is 12. The molecule has 428 valence electrons. The molecular formula is C80H52F3N7. The fourth-order valence-electron chi connectivity index (χ4n) is 13.6. The van der Waals surface area contributed by atoms with Crippen LogP contribution >= 0.6 is 0 Å². The van der Waals surface area contributed by atoms with Crippen LogP contribution in [0.5, 0.6) is 0 Å². The maximum Gasteiger partial charge on any atom is 0.418 e. The van der Waals surface area contributed by atoms with Gasteiger partial charge in [-0.1, -0.05) is 144 Å². The van der Waals surface area contributed by atoms with E-state index < -0.39 is 11.7 Å². The monoisotopic (exact) mass is 1170 g/mol. The maximum absolute atomic E-state index is 15.3. The normalized spacial score (nSPS) is 11.7. The van der Waals surface area contributed by atoms with Crippen molar-refractivity contribution in [1.29, 1.82) is 15.8 Å². The number of hydrogen-bond acceptors (Lipinski definition) is 3. The molecule has 0 bridgehead atoms. The third-order valence-corrected chi connectivity index (χ3v) is 17.5. The van der Waals surface area contributed by atoms with Gasteiger partial charge in [0, 0.05) is 54.2 Å². The summed E-state index contributed by atoms with van der Waals surface area (Å²) in [5.74, 6) is 0. The molecule has 10 heteroatoms. The van der Waals surface area contributed by atoms with Gasteiger partial charge in [-0.25, -0.2) is 0 Å². The lowest BCUT2D eigenvalue weighted by molar-refractivity contribution is -0.137. The molecule has 0 fully saturated rings. The third kappa shape index (κ3) is 8.86. The van der Waals surface area contributed by atoms with Crippen molar-refractivity contribution >= 4 is 87.2 Å². The summed E-state index contributed by atoms with van der Waals surface area (Å²) in [5.41, 5.74) is 17.8. The summed E-state index contributed by atoms with van der Waals surface area (Å²) in [6, 6.07) is 86.0. The van der Waals surface area contributed by atoms with Crippen LogP contribution in [0.15, 0.2) is 243 Å². The van der Waals surface area contributed by atoms with Crippen LogP contribution in [0, 0.1) is 61.7 Å². The van der Waals surface area contributed by atoms with Gasteiger partial charge in [-0.15, -0.1) is 0 Å². The van der Waals surface area contributed by atoms with Crippen molar-refractivity contribution in [3.63, 3.8) is 0 Å². The average molecular weight is 1170 g/mol. The lowest BCUT2D eigenvalue weighted by Crippen LogP contribution is -2.13. The van der Waals surface area contributed by atoms with E-state index in [1.807, 2.05) is 123 Å². The van der Waals surface area contributed by atoms with Crippen molar-refractivity contribution in [2.75, 3.05) is 0 Å². The van der Waals surface area contributed by atoms with E-state index in [-0.39, 0.29) is 5.69 Å². The minimum absolute atomic E-state index is 0.0378. The number of fused-ring (bicyclic) bond motifs is 12. The Morgan fingerprint density at radius 3 is 0.967 bits per heavy atom. The average Bonchev–Trinajstić information content (AvgIpc) is 1.57. The van der Waals surface area contributed by atoms with Crippen LogP contribution in [-0.2, 0) is 6.18 Å². The van der Waals surface area contributed by atoms with Crippen LogP contribution in [0.1, 0.15) is 44.5 Å². The van der Waals surface area contributed by atoms with Gasteiger partial charge in [-0.05, 0) is 160 Å². The molecule has 0 amide bonds. The fraction of sp³-hybridized carbons (Fsp3) is 0.0625. The van der Waals surface area contributed by atoms with Gasteiger partial charge in [0.05, 0.1) is 101 Å². The lowest BCUT2D eigenvalue weighted by atomic mass is 9.97. The molecule has 0 aliphatic rings. The molecule has 0 aliphatic heterocycles. The Bertz CT molecular complexity index is 5830. The summed E-state index contributed by atoms with van der Waals surface area (Å²) in [6.07, 6.45) is -4.67. The molecule has 12 aromatic carbocycles. The topological polar surface area (TPSA) is 91.1 Å². The van der Waals surface area contributed by atoms with Crippen LogP contribution in [0.3, 0.4) is 0 Å². The molecule has 0 aliphatic carbocycles. The van der Waals surface area contributed by atoms with Gasteiger partial charge in [0.1, 0.15) is 6.07 Å². The Morgan fingerprint density at radius 2 is 0.611 bits per heavy atom. The van der Waals surface area contributed by atoms with Crippen molar-refractivity contribution < 1.29 is 13.2 Å². The van der Waals surface area contributed by atoms with E-state index in [1.165, 1.54) is 28.0 Å². The van der Waals surface area contributed by atoms with Crippen LogP contribution in [0.4, 0.5) is 13.2 Å². The number of nitriles is 3. The lowest BCUT2D eigenvalue weighted by Gasteiger charge is -2.22. The SMILES string of the molecule is Cc1ccc2c(c1)c1ccccc1n2-c1cc(-n2c3ccccc3c3cc(C)ccc32)c(-c2cccc(C#N)c2)cc1C#N.Cc1ccc2c(c1)c1ccccc1n2-c1cc(-n2c3ccccc3c3cc(C)ccc32)c(C(F)(F)F)cc1-c1cccc(C#N)c1. The second-order valence-corrected chi connectivity index (χ2v) is 23.3. The number of nitrogens with zero attached hydrogens (tertiary/aromatic N) is 7. The summed E-state index contributed by atoms with van der Waals surface area (Å²) in [4.78, 5) is 0. The van der Waals surface area contributed by atoms with E-state index in [9.17, 15) is 15.8 Å². The van der Waals surface area contributed by atoms with Crippen molar-refractivity contribution in [1.82, 2.24) is 18.3 Å². The van der Waals surface area contributed by atoms with Crippen LogP contribution in [0.2, 0.25) is 0 Å². The molecule has 0 N–H and O–H groups in total. The van der Waals surface area contributed by atoms with E-state index >= 15 is 13.2 Å². The minimum Gasteiger partial charge on any atom is -0.309 e. The first-order chi connectivity index (χ1) is 43.8. The van der Waals surface area contributed by atoms with Gasteiger partial charge in [0.25, 0.3) is 0 Å². The number of aromatic nitrogens is 4. The summed E-state index contributed by atoms with van der Waals surface area (Å²) in [6.45, 7) is 8.25. The van der Waals surface area contributed by atoms with Crippen molar-refractivity contribution in [2.24, 2.45) is 0 Å². The van der Waals surface area contributed by atoms with Gasteiger partial charge in [0.15, 0.2) is 0 Å². The first-order valence-electron chi connectivity index (χ1n) is 29.6. The molecule has 0 saturated carbocycles. The van der Waals surface area contributed by atoms with Crippen molar-refractivity contribution in [2.45, 2.75) is 33.9 Å². The standard InChI is InChI=1S/C40H26F3N3.C40H26N4/c1-24-14-16-36-31(18-24)28-10-3-5-12-34(28)45(36)38-22-39(33(40(41,42)43)21-30(38)27-9-7-8-26(20-27)23-44)46-35-13-6-4-11-29(35)32-19-25(2)15-17-37(32)46;1-25-14-16-37-33(18-25)30-10-3-5-12-35(30)43(37)39-22-40(32(21-29(39)24-42)28-9-7-8-27(20-28)23-41)44-36-13-6-4-11-31(36)34-19-26(2)15-17-38(34)44/h3-22H,1-2H3;3-22H,1-2H3. The second kappa shape index (κ2) is 21.2. The smallest absolute Gasteiger partial charge is 0.309 e. The highest BCUT2D eigenvalue weighted by Crippen LogP contribution is 2.46. The number of alkyl halides is 3. The predicted octanol–water partition coefficient (Wildman–Crippen LogP) is 21.0. The van der Waals surface area contributed by atoms with E-state index in [2.05, 4.69) is 143 Å². The minimum atomic E-state index is -4.67. The first-order valence-corrected chi connectivity index (χ1v) is 29.6. The fourth-order valence-corrected chi connectivity index (χ4v) is 13.6. The predicted molar refractivity (Wildman–Crippen MR) is 359 cm³/mol. The second-order valence-electron chi connectivity index (χ2n) is 23.3. The third-order valence-electron chi connectivity index (χ3n) is 17.5. The van der Waals surface area contributed by atoms with Gasteiger partial charge in [-0.2, -0.15) is 29.0 Å². The molecule has 0 unspecified atom stereocenters. The Labute approximate surface area is 516 Å². The van der Waals surface area contributed by atoms with E-state index in [0.717, 1.165) is 99.0 Å². The number of aryl methyl sites for hydroxylation is 4. The Kier molecular flexibility index (Phi) is 12.9. The Balaban J connectivity index is 0.000000150. The van der Waals surface area contributed by atoms with Crippen molar-refractivity contribution in [3.8, 4) is 63.2 Å². The molecule has 90 heavy (non-hydrogen) atoms. The molecule has 4 heterocycles. The first kappa shape index (κ1) is 54.7. The van der Waals surface area contributed by atoms with Crippen molar-refractivity contribution in [3.05, 3.63) is 287 Å². The van der Waals surface area contributed by atoms with Gasteiger partial charge >= 0.3 is 6.18 Å².